The molecule has 0 saturated carbocycles. The summed E-state index contributed by atoms with van der Waals surface area (Å²) in [6.45, 7) is 1.11. The Morgan fingerprint density at radius 3 is 2.62 bits per heavy atom. The summed E-state index contributed by atoms with van der Waals surface area (Å²) >= 11 is 1.96. The maximum Gasteiger partial charge on any atom is 0.0681 e. The van der Waals surface area contributed by atoms with Gasteiger partial charge in [0, 0.05) is 10.9 Å². The van der Waals surface area contributed by atoms with Crippen molar-refractivity contribution in [2.45, 2.75) is 30.4 Å². The first-order chi connectivity index (χ1) is 10.4. The fourth-order valence-corrected chi connectivity index (χ4v) is 3.88. The predicted octanol–water partition coefficient (Wildman–Crippen LogP) is 3.55. The fraction of sp³-hybridized carbons (Fsp3) is 0.333. The Kier molecular flexibility index (Phi) is 4.96. The monoisotopic (exact) mass is 299 g/mol. The number of rotatable bonds is 5. The highest BCUT2D eigenvalue weighted by Gasteiger charge is 2.19. The second-order valence-corrected chi connectivity index (χ2v) is 6.54. The van der Waals surface area contributed by atoms with E-state index in [4.69, 9.17) is 5.11 Å². The summed E-state index contributed by atoms with van der Waals surface area (Å²) in [5.74, 6) is 1.19. The van der Waals surface area contributed by atoms with Crippen LogP contribution in [0.4, 0.5) is 0 Å². The minimum atomic E-state index is 0.120. The van der Waals surface area contributed by atoms with E-state index in [0.29, 0.717) is 6.04 Å². The number of nitrogens with one attached hydrogen (secondary N) is 1. The zero-order chi connectivity index (χ0) is 14.5. The largest absolute Gasteiger partial charge is 0.392 e. The third kappa shape index (κ3) is 3.67. The van der Waals surface area contributed by atoms with Gasteiger partial charge in [-0.1, -0.05) is 42.5 Å². The van der Waals surface area contributed by atoms with Gasteiger partial charge in [0.25, 0.3) is 0 Å². The van der Waals surface area contributed by atoms with E-state index < -0.39 is 0 Å². The van der Waals surface area contributed by atoms with Crippen LogP contribution in [0.5, 0.6) is 0 Å². The first-order valence-electron chi connectivity index (χ1n) is 7.50. The van der Waals surface area contributed by atoms with Crippen molar-refractivity contribution in [1.82, 2.24) is 5.32 Å². The number of fused-ring (bicyclic) bond motifs is 1. The molecule has 3 rings (SSSR count). The number of benzene rings is 2. The summed E-state index contributed by atoms with van der Waals surface area (Å²) in [7, 11) is 0. The first kappa shape index (κ1) is 14.6. The van der Waals surface area contributed by atoms with E-state index in [9.17, 15) is 0 Å². The van der Waals surface area contributed by atoms with Crippen molar-refractivity contribution >= 4 is 11.8 Å². The number of thioether (sulfide) groups is 1. The van der Waals surface area contributed by atoms with Crippen LogP contribution >= 0.6 is 11.8 Å². The van der Waals surface area contributed by atoms with Crippen LogP contribution in [0.15, 0.2) is 53.4 Å². The minimum absolute atomic E-state index is 0.120. The van der Waals surface area contributed by atoms with Crippen molar-refractivity contribution in [1.29, 1.82) is 0 Å². The van der Waals surface area contributed by atoms with Crippen molar-refractivity contribution in [2.75, 3.05) is 12.3 Å². The van der Waals surface area contributed by atoms with Crippen molar-refractivity contribution in [3.63, 3.8) is 0 Å². The SMILES string of the molecule is OCc1ccc(CCNC2CCSc3ccccc32)cc1. The molecule has 110 valence electrons. The lowest BCUT2D eigenvalue weighted by molar-refractivity contribution is 0.282. The van der Waals surface area contributed by atoms with Crippen molar-refractivity contribution in [3.05, 3.63) is 65.2 Å². The summed E-state index contributed by atoms with van der Waals surface area (Å²) in [5.41, 5.74) is 3.74. The third-order valence-electron chi connectivity index (χ3n) is 3.97. The van der Waals surface area contributed by atoms with Gasteiger partial charge in [0.2, 0.25) is 0 Å². The van der Waals surface area contributed by atoms with Crippen molar-refractivity contribution in [2.24, 2.45) is 0 Å². The molecule has 1 atom stereocenters. The van der Waals surface area contributed by atoms with E-state index in [0.717, 1.165) is 18.5 Å². The van der Waals surface area contributed by atoms with E-state index in [1.807, 2.05) is 23.9 Å². The van der Waals surface area contributed by atoms with Gasteiger partial charge < -0.3 is 10.4 Å². The van der Waals surface area contributed by atoms with Crippen molar-refractivity contribution in [3.8, 4) is 0 Å². The molecule has 2 aromatic rings. The Morgan fingerprint density at radius 2 is 1.81 bits per heavy atom. The normalized spacial score (nSPS) is 17.5. The highest BCUT2D eigenvalue weighted by molar-refractivity contribution is 7.99. The van der Waals surface area contributed by atoms with E-state index in [1.54, 1.807) is 0 Å². The fourth-order valence-electron chi connectivity index (χ4n) is 2.76. The molecule has 2 aromatic carbocycles. The molecule has 0 saturated heterocycles. The van der Waals surface area contributed by atoms with Crippen LogP contribution in [-0.4, -0.2) is 17.4 Å². The summed E-state index contributed by atoms with van der Waals surface area (Å²) in [6, 6.07) is 17.4. The number of hydrogen-bond donors (Lipinski definition) is 2. The summed E-state index contributed by atoms with van der Waals surface area (Å²) in [5, 5.41) is 12.7. The lowest BCUT2D eigenvalue weighted by atomic mass is 10.0. The minimum Gasteiger partial charge on any atom is -0.392 e. The van der Waals surface area contributed by atoms with Crippen LogP contribution in [0.2, 0.25) is 0 Å². The highest BCUT2D eigenvalue weighted by Crippen LogP contribution is 2.35. The number of hydrogen-bond acceptors (Lipinski definition) is 3. The molecule has 0 aromatic heterocycles. The topological polar surface area (TPSA) is 32.3 Å². The number of aliphatic hydroxyl groups excluding tert-OH is 1. The average Bonchev–Trinajstić information content (AvgIpc) is 2.56. The summed E-state index contributed by atoms with van der Waals surface area (Å²) < 4.78 is 0. The molecule has 2 nitrogen and oxygen atoms in total. The molecule has 0 spiro atoms. The van der Waals surface area contributed by atoms with Crippen molar-refractivity contribution < 1.29 is 5.11 Å². The quantitative estimate of drug-likeness (QED) is 0.885. The Bertz CT molecular complexity index is 582. The van der Waals surface area contributed by atoms with Crippen LogP contribution in [0.25, 0.3) is 0 Å². The molecule has 0 fully saturated rings. The zero-order valence-electron chi connectivity index (χ0n) is 12.1. The molecule has 0 amide bonds. The Hall–Kier alpha value is -1.29. The highest BCUT2D eigenvalue weighted by atomic mass is 32.2. The van der Waals surface area contributed by atoms with Gasteiger partial charge in [-0.25, -0.2) is 0 Å². The zero-order valence-corrected chi connectivity index (χ0v) is 12.9. The molecule has 1 aliphatic heterocycles. The molecule has 1 unspecified atom stereocenters. The second kappa shape index (κ2) is 7.12. The molecular weight excluding hydrogens is 278 g/mol. The molecule has 3 heteroatoms. The first-order valence-corrected chi connectivity index (χ1v) is 8.49. The molecule has 2 N–H and O–H groups in total. The Morgan fingerprint density at radius 1 is 1.05 bits per heavy atom. The number of aliphatic hydroxyl groups is 1. The maximum atomic E-state index is 9.05. The van der Waals surface area contributed by atoms with Gasteiger partial charge in [-0.15, -0.1) is 11.8 Å². The van der Waals surface area contributed by atoms with Gasteiger partial charge in [-0.05, 0) is 47.9 Å². The molecular formula is C18H21NOS. The standard InChI is InChI=1S/C18H21NOS/c20-13-15-7-5-14(6-8-15)9-11-19-17-10-12-21-18-4-2-1-3-16(17)18/h1-8,17,19-20H,9-13H2. The van der Waals surface area contributed by atoms with Crippen LogP contribution < -0.4 is 5.32 Å². The average molecular weight is 299 g/mol. The van der Waals surface area contributed by atoms with Gasteiger partial charge in [0.1, 0.15) is 0 Å². The lowest BCUT2D eigenvalue weighted by Crippen LogP contribution is -2.26. The summed E-state index contributed by atoms with van der Waals surface area (Å²) in [4.78, 5) is 1.42. The Balaban J connectivity index is 1.56. The molecule has 0 bridgehead atoms. The lowest BCUT2D eigenvalue weighted by Gasteiger charge is -2.26. The van der Waals surface area contributed by atoms with Gasteiger partial charge in [0.15, 0.2) is 0 Å². The van der Waals surface area contributed by atoms with Gasteiger partial charge in [0.05, 0.1) is 6.61 Å². The molecule has 21 heavy (non-hydrogen) atoms. The predicted molar refractivity (Wildman–Crippen MR) is 88.6 cm³/mol. The summed E-state index contributed by atoms with van der Waals surface area (Å²) in [6.07, 6.45) is 2.22. The molecule has 1 aliphatic rings. The van der Waals surface area contributed by atoms with E-state index in [2.05, 4.69) is 41.7 Å². The van der Waals surface area contributed by atoms with Gasteiger partial charge in [-0.3, -0.25) is 0 Å². The second-order valence-electron chi connectivity index (χ2n) is 5.41. The van der Waals surface area contributed by atoms with E-state index in [1.165, 1.54) is 28.2 Å². The van der Waals surface area contributed by atoms with Crippen LogP contribution in [0, 0.1) is 0 Å². The van der Waals surface area contributed by atoms with Crippen LogP contribution in [0.1, 0.15) is 29.2 Å². The Labute approximate surface area is 130 Å². The van der Waals surface area contributed by atoms with E-state index in [-0.39, 0.29) is 6.61 Å². The maximum absolute atomic E-state index is 9.05. The molecule has 0 radical (unpaired) electrons. The molecule has 1 heterocycles. The molecule has 0 aliphatic carbocycles. The van der Waals surface area contributed by atoms with Crippen LogP contribution in [-0.2, 0) is 13.0 Å². The van der Waals surface area contributed by atoms with Crippen LogP contribution in [0.3, 0.4) is 0 Å². The van der Waals surface area contributed by atoms with Gasteiger partial charge >= 0.3 is 0 Å². The smallest absolute Gasteiger partial charge is 0.0681 e. The van der Waals surface area contributed by atoms with Gasteiger partial charge in [-0.2, -0.15) is 0 Å². The third-order valence-corrected chi connectivity index (χ3v) is 5.09. The van der Waals surface area contributed by atoms with E-state index >= 15 is 0 Å².